The molecular formula is C21H13ClF4N4O3. The highest BCUT2D eigenvalue weighted by molar-refractivity contribution is 6.33. The van der Waals surface area contributed by atoms with Gasteiger partial charge in [0, 0.05) is 6.20 Å². The predicted molar refractivity (Wildman–Crippen MR) is 108 cm³/mol. The fourth-order valence-corrected chi connectivity index (χ4v) is 3.53. The lowest BCUT2D eigenvalue weighted by Gasteiger charge is -2.12. The van der Waals surface area contributed by atoms with Crippen molar-refractivity contribution in [2.45, 2.75) is 12.7 Å². The molecule has 0 amide bonds. The van der Waals surface area contributed by atoms with Gasteiger partial charge in [0.25, 0.3) is 0 Å². The highest BCUT2D eigenvalue weighted by atomic mass is 35.5. The summed E-state index contributed by atoms with van der Waals surface area (Å²) in [5, 5.41) is 7.34. The Labute approximate surface area is 188 Å². The van der Waals surface area contributed by atoms with Crippen LogP contribution in [0.4, 0.5) is 17.6 Å². The average Bonchev–Trinajstić information content (AvgIpc) is 3.38. The van der Waals surface area contributed by atoms with Crippen LogP contribution in [-0.2, 0) is 17.5 Å². The van der Waals surface area contributed by atoms with Gasteiger partial charge in [-0.2, -0.15) is 18.3 Å². The van der Waals surface area contributed by atoms with Crippen molar-refractivity contribution in [1.29, 1.82) is 0 Å². The number of hydrogen-bond acceptors (Lipinski definition) is 6. The third-order valence-electron chi connectivity index (χ3n) is 4.67. The standard InChI is InChI=1S/C21H13ClF4N4O3/c1-32-20(31)16-17(15-13(22)6-4-7-14(15)23)29-33-18(16)12-9-28-30(19(12)21(24,25)26)10-11-5-2-3-8-27-11/h2-9H,10H2,1H3. The Balaban J connectivity index is 1.93. The molecule has 3 aromatic heterocycles. The first-order valence-corrected chi connectivity index (χ1v) is 9.65. The molecule has 0 saturated carbocycles. The summed E-state index contributed by atoms with van der Waals surface area (Å²) < 4.78 is 67.2. The Morgan fingerprint density at radius 3 is 2.64 bits per heavy atom. The van der Waals surface area contributed by atoms with Crippen LogP contribution in [0.15, 0.2) is 53.3 Å². The maximum atomic E-state index is 14.5. The van der Waals surface area contributed by atoms with E-state index in [1.165, 1.54) is 24.4 Å². The zero-order valence-electron chi connectivity index (χ0n) is 16.7. The number of halogens is 5. The van der Waals surface area contributed by atoms with E-state index in [-0.39, 0.29) is 17.1 Å². The highest BCUT2D eigenvalue weighted by Crippen LogP contribution is 2.42. The summed E-state index contributed by atoms with van der Waals surface area (Å²) in [6.07, 6.45) is -2.58. The summed E-state index contributed by atoms with van der Waals surface area (Å²) in [6.45, 7) is -0.302. The van der Waals surface area contributed by atoms with Gasteiger partial charge in [0.15, 0.2) is 11.5 Å². The van der Waals surface area contributed by atoms with Crippen LogP contribution >= 0.6 is 11.6 Å². The Morgan fingerprint density at radius 1 is 1.21 bits per heavy atom. The third-order valence-corrected chi connectivity index (χ3v) is 4.99. The van der Waals surface area contributed by atoms with Crippen molar-refractivity contribution in [2.24, 2.45) is 0 Å². The van der Waals surface area contributed by atoms with Crippen LogP contribution in [0.2, 0.25) is 5.02 Å². The molecule has 12 heteroatoms. The Bertz CT molecular complexity index is 1300. The van der Waals surface area contributed by atoms with Crippen molar-refractivity contribution in [3.63, 3.8) is 0 Å². The molecule has 0 bridgehead atoms. The van der Waals surface area contributed by atoms with Crippen molar-refractivity contribution in [3.05, 3.63) is 76.6 Å². The van der Waals surface area contributed by atoms with E-state index in [0.29, 0.717) is 10.4 Å². The number of hydrogen-bond donors (Lipinski definition) is 0. The Morgan fingerprint density at radius 2 is 2.00 bits per heavy atom. The van der Waals surface area contributed by atoms with Crippen LogP contribution in [0.3, 0.4) is 0 Å². The average molecular weight is 481 g/mol. The van der Waals surface area contributed by atoms with Crippen LogP contribution in [-0.4, -0.2) is 33.0 Å². The minimum absolute atomic E-state index is 0.123. The smallest absolute Gasteiger partial charge is 0.433 e. The largest absolute Gasteiger partial charge is 0.465 e. The number of pyridine rings is 1. The van der Waals surface area contributed by atoms with E-state index in [4.69, 9.17) is 20.9 Å². The second kappa shape index (κ2) is 8.66. The summed E-state index contributed by atoms with van der Waals surface area (Å²) in [6, 6.07) is 8.49. The van der Waals surface area contributed by atoms with Crippen molar-refractivity contribution in [1.82, 2.24) is 19.9 Å². The normalized spacial score (nSPS) is 11.6. The molecular weight excluding hydrogens is 468 g/mol. The molecule has 0 aliphatic rings. The van der Waals surface area contributed by atoms with E-state index in [2.05, 4.69) is 15.2 Å². The lowest BCUT2D eigenvalue weighted by molar-refractivity contribution is -0.143. The van der Waals surface area contributed by atoms with Gasteiger partial charge in [0.2, 0.25) is 0 Å². The van der Waals surface area contributed by atoms with Crippen molar-refractivity contribution >= 4 is 17.6 Å². The molecule has 0 fully saturated rings. The van der Waals surface area contributed by atoms with Gasteiger partial charge in [0.1, 0.15) is 17.1 Å². The zero-order valence-corrected chi connectivity index (χ0v) is 17.5. The van der Waals surface area contributed by atoms with E-state index in [9.17, 15) is 22.4 Å². The summed E-state index contributed by atoms with van der Waals surface area (Å²) in [7, 11) is 1.01. The molecule has 0 N–H and O–H groups in total. The van der Waals surface area contributed by atoms with Gasteiger partial charge in [-0.25, -0.2) is 9.18 Å². The molecule has 33 heavy (non-hydrogen) atoms. The molecule has 0 saturated heterocycles. The molecule has 0 aliphatic heterocycles. The molecule has 0 unspecified atom stereocenters. The second-order valence-corrected chi connectivity index (χ2v) is 7.11. The van der Waals surface area contributed by atoms with Crippen molar-refractivity contribution in [2.75, 3.05) is 7.11 Å². The number of nitrogens with zero attached hydrogens (tertiary/aromatic N) is 4. The molecule has 4 rings (SSSR count). The molecule has 7 nitrogen and oxygen atoms in total. The SMILES string of the molecule is COC(=O)c1c(-c2c(F)cccc2Cl)noc1-c1cnn(Cc2ccccn2)c1C(F)(F)F. The second-order valence-electron chi connectivity index (χ2n) is 6.71. The maximum absolute atomic E-state index is 14.5. The first-order valence-electron chi connectivity index (χ1n) is 9.28. The van der Waals surface area contributed by atoms with Gasteiger partial charge in [-0.1, -0.05) is 28.9 Å². The van der Waals surface area contributed by atoms with Crippen molar-refractivity contribution < 1.29 is 31.6 Å². The number of esters is 1. The molecule has 1 aromatic carbocycles. The monoisotopic (exact) mass is 480 g/mol. The van der Waals surface area contributed by atoms with E-state index in [1.807, 2.05) is 0 Å². The topological polar surface area (TPSA) is 83.0 Å². The Kier molecular flexibility index (Phi) is 5.90. The number of methoxy groups -OCH3 is 1. The van der Waals surface area contributed by atoms with E-state index < -0.39 is 46.2 Å². The van der Waals surface area contributed by atoms with Gasteiger partial charge in [-0.15, -0.1) is 0 Å². The molecule has 170 valence electrons. The summed E-state index contributed by atoms with van der Waals surface area (Å²) in [4.78, 5) is 16.5. The molecule has 0 radical (unpaired) electrons. The molecule has 4 aromatic rings. The first-order chi connectivity index (χ1) is 15.7. The van der Waals surface area contributed by atoms with E-state index in [1.54, 1.807) is 12.1 Å². The number of rotatable bonds is 5. The van der Waals surface area contributed by atoms with Gasteiger partial charge in [-0.05, 0) is 24.3 Å². The van der Waals surface area contributed by atoms with E-state index in [0.717, 1.165) is 19.4 Å². The summed E-state index contributed by atoms with van der Waals surface area (Å²) in [5.41, 5.74) is -2.70. The lowest BCUT2D eigenvalue weighted by Crippen LogP contribution is -2.17. The molecule has 0 spiro atoms. The fraction of sp³-hybridized carbons (Fsp3) is 0.143. The maximum Gasteiger partial charge on any atom is 0.433 e. The van der Waals surface area contributed by atoms with E-state index >= 15 is 0 Å². The van der Waals surface area contributed by atoms with Crippen LogP contribution < -0.4 is 0 Å². The van der Waals surface area contributed by atoms with Gasteiger partial charge in [-0.3, -0.25) is 9.67 Å². The fourth-order valence-electron chi connectivity index (χ4n) is 3.28. The first kappa shape index (κ1) is 22.5. The van der Waals surface area contributed by atoms with Crippen molar-refractivity contribution in [3.8, 4) is 22.6 Å². The quantitative estimate of drug-likeness (QED) is 0.287. The van der Waals surface area contributed by atoms with Crippen LogP contribution in [0.1, 0.15) is 21.7 Å². The van der Waals surface area contributed by atoms with Gasteiger partial charge in [0.05, 0.1) is 41.7 Å². The summed E-state index contributed by atoms with van der Waals surface area (Å²) >= 11 is 6.06. The number of carbonyl (C=O) groups is 1. The van der Waals surface area contributed by atoms with Gasteiger partial charge < -0.3 is 9.26 Å². The minimum atomic E-state index is -4.89. The Hall–Kier alpha value is -3.73. The number of benzene rings is 1. The molecule has 3 heterocycles. The minimum Gasteiger partial charge on any atom is -0.465 e. The summed E-state index contributed by atoms with van der Waals surface area (Å²) in [5.74, 6) is -2.53. The highest BCUT2D eigenvalue weighted by Gasteiger charge is 2.42. The lowest BCUT2D eigenvalue weighted by atomic mass is 10.0. The number of aromatic nitrogens is 4. The molecule has 0 aliphatic carbocycles. The number of ether oxygens (including phenoxy) is 1. The zero-order chi connectivity index (χ0) is 23.8. The third kappa shape index (κ3) is 4.19. The predicted octanol–water partition coefficient (Wildman–Crippen LogP) is 5.25. The number of carbonyl (C=O) groups excluding carboxylic acids is 1. The number of alkyl halides is 3. The van der Waals surface area contributed by atoms with Gasteiger partial charge >= 0.3 is 12.1 Å². The van der Waals surface area contributed by atoms with Crippen LogP contribution in [0.25, 0.3) is 22.6 Å². The molecule has 0 atom stereocenters. The van der Waals surface area contributed by atoms with Crippen LogP contribution in [0.5, 0.6) is 0 Å². The van der Waals surface area contributed by atoms with Crippen LogP contribution in [0, 0.1) is 5.82 Å².